The molecule has 0 saturated carbocycles. The van der Waals surface area contributed by atoms with E-state index in [1.54, 1.807) is 24.7 Å². The van der Waals surface area contributed by atoms with Crippen LogP contribution >= 0.6 is 0 Å². The number of aryl methyl sites for hydroxylation is 1. The van der Waals surface area contributed by atoms with Gasteiger partial charge in [0, 0.05) is 35.4 Å². The molecule has 1 aliphatic rings. The molecule has 0 fully saturated rings. The van der Waals surface area contributed by atoms with Crippen LogP contribution in [0.25, 0.3) is 11.1 Å². The van der Waals surface area contributed by atoms with Gasteiger partial charge in [0.1, 0.15) is 23.5 Å². The van der Waals surface area contributed by atoms with Crippen molar-refractivity contribution in [1.82, 2.24) is 15.0 Å². The van der Waals surface area contributed by atoms with Crippen molar-refractivity contribution in [3.63, 3.8) is 0 Å². The maximum Gasteiger partial charge on any atom is 0.139 e. The average molecular weight is 395 g/mol. The smallest absolute Gasteiger partial charge is 0.139 e. The molecule has 30 heavy (non-hydrogen) atoms. The van der Waals surface area contributed by atoms with Gasteiger partial charge in [-0.25, -0.2) is 19.4 Å². The van der Waals surface area contributed by atoms with Crippen LogP contribution in [0, 0.1) is 12.7 Å². The molecule has 0 saturated heterocycles. The van der Waals surface area contributed by atoms with Crippen LogP contribution in [0.1, 0.15) is 27.9 Å². The predicted octanol–water partition coefficient (Wildman–Crippen LogP) is 4.00. The quantitative estimate of drug-likeness (QED) is 0.569. The number of fused-ring (bicyclic) bond motifs is 1. The fraction of sp³-hybridized carbons (Fsp3) is 0.0833. The number of halogens is 1. The lowest BCUT2D eigenvalue weighted by molar-refractivity contribution is 0.615. The van der Waals surface area contributed by atoms with Gasteiger partial charge in [-0.05, 0) is 47.9 Å². The molecule has 5 rings (SSSR count). The van der Waals surface area contributed by atoms with Crippen LogP contribution in [0.2, 0.25) is 0 Å². The number of hydrogen-bond acceptors (Lipinski definition) is 5. The van der Waals surface area contributed by atoms with Gasteiger partial charge in [-0.1, -0.05) is 30.3 Å². The molecule has 6 heteroatoms. The van der Waals surface area contributed by atoms with Crippen LogP contribution in [-0.4, -0.2) is 20.8 Å². The van der Waals surface area contributed by atoms with Crippen LogP contribution in [0.15, 0.2) is 84.5 Å². The van der Waals surface area contributed by atoms with Gasteiger partial charge in [0.15, 0.2) is 0 Å². The van der Waals surface area contributed by atoms with Crippen LogP contribution in [0.5, 0.6) is 0 Å². The highest BCUT2D eigenvalue weighted by molar-refractivity contribution is 6.03. The standard InChI is InChI=1S/C24H18FN5/c1-15-10-19(8-9-29-15)24(20-6-3-7-21(25)22(20)23(26)30-24)18-5-2-4-16(11-18)17-12-27-14-28-13-17/h2-14H,1H3,(H2,26,30)/t24-/m0/s1. The van der Waals surface area contributed by atoms with Crippen molar-refractivity contribution in [2.45, 2.75) is 12.5 Å². The summed E-state index contributed by atoms with van der Waals surface area (Å²) in [5.74, 6) is -0.194. The zero-order valence-corrected chi connectivity index (χ0v) is 16.2. The Morgan fingerprint density at radius 1 is 0.900 bits per heavy atom. The summed E-state index contributed by atoms with van der Waals surface area (Å²) in [5, 5.41) is 0. The first-order chi connectivity index (χ1) is 14.6. The van der Waals surface area contributed by atoms with E-state index in [1.165, 1.54) is 12.4 Å². The number of amidine groups is 1. The van der Waals surface area contributed by atoms with Gasteiger partial charge in [0.2, 0.25) is 0 Å². The highest BCUT2D eigenvalue weighted by Gasteiger charge is 2.44. The van der Waals surface area contributed by atoms with Crippen molar-refractivity contribution < 1.29 is 4.39 Å². The largest absolute Gasteiger partial charge is 0.383 e. The highest BCUT2D eigenvalue weighted by atomic mass is 19.1. The van der Waals surface area contributed by atoms with Gasteiger partial charge in [0.05, 0.1) is 5.56 Å². The molecule has 1 atom stereocenters. The third-order valence-electron chi connectivity index (χ3n) is 5.44. The molecular weight excluding hydrogens is 377 g/mol. The van der Waals surface area contributed by atoms with Crippen molar-refractivity contribution in [3.8, 4) is 11.1 Å². The second kappa shape index (κ2) is 6.84. The van der Waals surface area contributed by atoms with Gasteiger partial charge >= 0.3 is 0 Å². The van der Waals surface area contributed by atoms with Crippen LogP contribution < -0.4 is 5.73 Å². The fourth-order valence-electron chi connectivity index (χ4n) is 4.13. The van der Waals surface area contributed by atoms with Gasteiger partial charge in [-0.2, -0.15) is 0 Å². The van der Waals surface area contributed by atoms with Crippen molar-refractivity contribution >= 4 is 5.84 Å². The SMILES string of the molecule is Cc1cc([C@]2(c3cccc(-c4cncnc4)c3)N=C(N)c3c(F)cccc32)ccn1. The maximum atomic E-state index is 14.7. The second-order valence-corrected chi connectivity index (χ2v) is 7.26. The number of nitrogens with zero attached hydrogens (tertiary/aromatic N) is 4. The third-order valence-corrected chi connectivity index (χ3v) is 5.44. The Hall–Kier alpha value is -3.93. The summed E-state index contributed by atoms with van der Waals surface area (Å²) in [5.41, 5.74) is 10.8. The lowest BCUT2D eigenvalue weighted by atomic mass is 9.77. The molecule has 146 valence electrons. The lowest BCUT2D eigenvalue weighted by Crippen LogP contribution is -2.26. The van der Waals surface area contributed by atoms with Gasteiger partial charge < -0.3 is 5.73 Å². The minimum atomic E-state index is -0.971. The van der Waals surface area contributed by atoms with Crippen molar-refractivity contribution in [2.24, 2.45) is 10.7 Å². The Labute approximate surface area is 173 Å². The molecule has 0 aliphatic carbocycles. The molecule has 2 aromatic heterocycles. The first-order valence-electron chi connectivity index (χ1n) is 9.53. The van der Waals surface area contributed by atoms with E-state index in [9.17, 15) is 4.39 Å². The summed E-state index contributed by atoms with van der Waals surface area (Å²) < 4.78 is 14.7. The minimum absolute atomic E-state index is 0.186. The van der Waals surface area contributed by atoms with E-state index < -0.39 is 5.54 Å². The van der Waals surface area contributed by atoms with Crippen LogP contribution in [0.3, 0.4) is 0 Å². The zero-order valence-electron chi connectivity index (χ0n) is 16.2. The molecule has 0 bridgehead atoms. The first kappa shape index (κ1) is 18.1. The monoisotopic (exact) mass is 395 g/mol. The third kappa shape index (κ3) is 2.69. The Balaban J connectivity index is 1.82. The molecular formula is C24H18FN5. The Bertz CT molecular complexity index is 1290. The zero-order chi connectivity index (χ0) is 20.7. The van der Waals surface area contributed by atoms with E-state index in [0.717, 1.165) is 27.9 Å². The van der Waals surface area contributed by atoms with E-state index in [2.05, 4.69) is 15.0 Å². The number of rotatable bonds is 3. The van der Waals surface area contributed by atoms with E-state index in [4.69, 9.17) is 10.7 Å². The summed E-state index contributed by atoms with van der Waals surface area (Å²) in [6, 6.07) is 16.8. The molecule has 1 aliphatic heterocycles. The van der Waals surface area contributed by atoms with Gasteiger partial charge in [-0.3, -0.25) is 4.98 Å². The van der Waals surface area contributed by atoms with Gasteiger partial charge in [-0.15, -0.1) is 0 Å². The molecule has 0 unspecified atom stereocenters. The van der Waals surface area contributed by atoms with E-state index in [0.29, 0.717) is 11.1 Å². The summed E-state index contributed by atoms with van der Waals surface area (Å²) in [6.45, 7) is 1.92. The lowest BCUT2D eigenvalue weighted by Gasteiger charge is -2.29. The summed E-state index contributed by atoms with van der Waals surface area (Å²) >= 11 is 0. The van der Waals surface area contributed by atoms with E-state index >= 15 is 0 Å². The number of nitrogens with two attached hydrogens (primary N) is 1. The molecule has 0 spiro atoms. The number of hydrogen-bond donors (Lipinski definition) is 1. The van der Waals surface area contributed by atoms with Crippen LogP contribution in [-0.2, 0) is 5.54 Å². The topological polar surface area (TPSA) is 77.0 Å². The molecule has 2 N–H and O–H groups in total. The van der Waals surface area contributed by atoms with Crippen molar-refractivity contribution in [3.05, 3.63) is 113 Å². The average Bonchev–Trinajstić information content (AvgIpc) is 3.09. The Morgan fingerprint density at radius 2 is 1.67 bits per heavy atom. The molecule has 0 radical (unpaired) electrons. The molecule has 5 nitrogen and oxygen atoms in total. The second-order valence-electron chi connectivity index (χ2n) is 7.26. The van der Waals surface area contributed by atoms with Crippen molar-refractivity contribution in [2.75, 3.05) is 0 Å². The number of benzene rings is 2. The van der Waals surface area contributed by atoms with Crippen LogP contribution in [0.4, 0.5) is 4.39 Å². The molecule has 2 aromatic carbocycles. The van der Waals surface area contributed by atoms with E-state index in [-0.39, 0.29) is 11.7 Å². The summed E-state index contributed by atoms with van der Waals surface area (Å²) in [6.07, 6.45) is 6.75. The fourth-order valence-corrected chi connectivity index (χ4v) is 4.13. The number of aromatic nitrogens is 3. The molecule has 0 amide bonds. The maximum absolute atomic E-state index is 14.7. The molecule has 3 heterocycles. The summed E-state index contributed by atoms with van der Waals surface area (Å²) in [4.78, 5) is 17.4. The van der Waals surface area contributed by atoms with E-state index in [1.807, 2.05) is 49.4 Å². The Morgan fingerprint density at radius 3 is 2.47 bits per heavy atom. The minimum Gasteiger partial charge on any atom is -0.383 e. The Kier molecular flexibility index (Phi) is 4.13. The highest BCUT2D eigenvalue weighted by Crippen LogP contribution is 2.47. The van der Waals surface area contributed by atoms with Crippen molar-refractivity contribution in [1.29, 1.82) is 0 Å². The normalized spacial score (nSPS) is 17.5. The summed E-state index contributed by atoms with van der Waals surface area (Å²) in [7, 11) is 0. The predicted molar refractivity (Wildman–Crippen MR) is 113 cm³/mol. The molecule has 4 aromatic rings. The number of pyridine rings is 1. The number of aliphatic imine (C=N–C) groups is 1. The van der Waals surface area contributed by atoms with Gasteiger partial charge in [0.25, 0.3) is 0 Å². The first-order valence-corrected chi connectivity index (χ1v) is 9.53.